The Morgan fingerprint density at radius 1 is 1.11 bits per heavy atom. The summed E-state index contributed by atoms with van der Waals surface area (Å²) in [5.74, 6) is 0. The van der Waals surface area contributed by atoms with E-state index >= 15 is 0 Å². The van der Waals surface area contributed by atoms with Gasteiger partial charge in [-0.2, -0.15) is 0 Å². The number of fused-ring (bicyclic) bond motifs is 1. The van der Waals surface area contributed by atoms with Crippen molar-refractivity contribution in [1.29, 1.82) is 0 Å². The van der Waals surface area contributed by atoms with Crippen LogP contribution in [0.2, 0.25) is 0 Å². The molecule has 3 heteroatoms. The van der Waals surface area contributed by atoms with E-state index in [9.17, 15) is 4.79 Å². The summed E-state index contributed by atoms with van der Waals surface area (Å²) in [6.45, 7) is 4.83. The number of rotatable bonds is 0. The number of urea groups is 1. The van der Waals surface area contributed by atoms with Gasteiger partial charge in [0, 0.05) is 25.3 Å². The molecule has 0 aliphatic carbocycles. The van der Waals surface area contributed by atoms with Crippen LogP contribution in [0.15, 0.2) is 18.2 Å². The summed E-state index contributed by atoms with van der Waals surface area (Å²) in [6.07, 6.45) is 4.48. The molecule has 2 aliphatic rings. The van der Waals surface area contributed by atoms with Crippen LogP contribution in [-0.2, 0) is 6.42 Å². The maximum Gasteiger partial charge on any atom is 0.324 e. The van der Waals surface area contributed by atoms with E-state index < -0.39 is 0 Å². The summed E-state index contributed by atoms with van der Waals surface area (Å²) in [7, 11) is 0. The van der Waals surface area contributed by atoms with Gasteiger partial charge in [-0.05, 0) is 44.2 Å². The Labute approximate surface area is 108 Å². The third-order valence-electron chi connectivity index (χ3n) is 3.96. The first-order chi connectivity index (χ1) is 8.75. The van der Waals surface area contributed by atoms with Crippen molar-refractivity contribution in [2.24, 2.45) is 0 Å². The van der Waals surface area contributed by atoms with Gasteiger partial charge in [0.2, 0.25) is 0 Å². The molecule has 0 spiro atoms. The van der Waals surface area contributed by atoms with Crippen LogP contribution in [-0.4, -0.2) is 30.6 Å². The van der Waals surface area contributed by atoms with Crippen molar-refractivity contribution in [3.05, 3.63) is 29.3 Å². The molecular formula is C15H20N2O. The van der Waals surface area contributed by atoms with Crippen LogP contribution >= 0.6 is 0 Å². The van der Waals surface area contributed by atoms with Crippen molar-refractivity contribution in [3.8, 4) is 0 Å². The Morgan fingerprint density at radius 3 is 2.67 bits per heavy atom. The van der Waals surface area contributed by atoms with Crippen molar-refractivity contribution in [2.75, 3.05) is 24.5 Å². The highest BCUT2D eigenvalue weighted by atomic mass is 16.2. The molecule has 0 unspecified atom stereocenters. The van der Waals surface area contributed by atoms with E-state index in [1.807, 2.05) is 9.80 Å². The SMILES string of the molecule is Cc1ccc2c(c1)CCCN2C(=O)N1CCCC1. The molecule has 0 bridgehead atoms. The predicted octanol–water partition coefficient (Wildman–Crippen LogP) is 2.96. The van der Waals surface area contributed by atoms with Gasteiger partial charge in [-0.1, -0.05) is 17.7 Å². The van der Waals surface area contributed by atoms with E-state index in [1.165, 1.54) is 11.1 Å². The van der Waals surface area contributed by atoms with Crippen LogP contribution in [0.5, 0.6) is 0 Å². The van der Waals surface area contributed by atoms with Crippen LogP contribution in [0, 0.1) is 6.92 Å². The minimum atomic E-state index is 0.206. The highest BCUT2D eigenvalue weighted by Gasteiger charge is 2.27. The molecule has 3 rings (SSSR count). The second-order valence-electron chi connectivity index (χ2n) is 5.36. The minimum Gasteiger partial charge on any atom is -0.324 e. The van der Waals surface area contributed by atoms with E-state index in [1.54, 1.807) is 0 Å². The second-order valence-corrected chi connectivity index (χ2v) is 5.36. The lowest BCUT2D eigenvalue weighted by molar-refractivity contribution is 0.215. The van der Waals surface area contributed by atoms with Gasteiger partial charge in [0.05, 0.1) is 0 Å². The zero-order valence-corrected chi connectivity index (χ0v) is 11.0. The van der Waals surface area contributed by atoms with E-state index in [4.69, 9.17) is 0 Å². The molecule has 1 fully saturated rings. The van der Waals surface area contributed by atoms with Gasteiger partial charge in [0.25, 0.3) is 0 Å². The number of anilines is 1. The Kier molecular flexibility index (Phi) is 2.98. The van der Waals surface area contributed by atoms with Crippen LogP contribution in [0.1, 0.15) is 30.4 Å². The van der Waals surface area contributed by atoms with Crippen molar-refractivity contribution in [1.82, 2.24) is 4.90 Å². The van der Waals surface area contributed by atoms with Crippen molar-refractivity contribution in [3.63, 3.8) is 0 Å². The van der Waals surface area contributed by atoms with Crippen molar-refractivity contribution >= 4 is 11.7 Å². The molecule has 1 saturated heterocycles. The maximum atomic E-state index is 12.5. The fourth-order valence-electron chi connectivity index (χ4n) is 3.00. The third kappa shape index (κ3) is 1.98. The first-order valence-corrected chi connectivity index (χ1v) is 6.92. The highest BCUT2D eigenvalue weighted by Crippen LogP contribution is 2.29. The Morgan fingerprint density at radius 2 is 1.89 bits per heavy atom. The van der Waals surface area contributed by atoms with Gasteiger partial charge in [0.1, 0.15) is 0 Å². The standard InChI is InChI=1S/C15H20N2O/c1-12-6-7-14-13(11-12)5-4-10-17(14)15(18)16-8-2-3-9-16/h6-7,11H,2-5,8-10H2,1H3. The molecule has 18 heavy (non-hydrogen) atoms. The Balaban J connectivity index is 1.88. The molecule has 1 aromatic rings. The first-order valence-electron chi connectivity index (χ1n) is 6.92. The minimum absolute atomic E-state index is 0.206. The van der Waals surface area contributed by atoms with Gasteiger partial charge in [-0.25, -0.2) is 4.79 Å². The van der Waals surface area contributed by atoms with Gasteiger partial charge < -0.3 is 4.90 Å². The average Bonchev–Trinajstić information content (AvgIpc) is 2.90. The highest BCUT2D eigenvalue weighted by molar-refractivity contribution is 5.93. The number of benzene rings is 1. The molecule has 0 N–H and O–H groups in total. The largest absolute Gasteiger partial charge is 0.324 e. The smallest absolute Gasteiger partial charge is 0.324 e. The van der Waals surface area contributed by atoms with Crippen LogP contribution in [0.4, 0.5) is 10.5 Å². The van der Waals surface area contributed by atoms with Gasteiger partial charge in [-0.3, -0.25) is 4.90 Å². The molecule has 0 atom stereocenters. The zero-order valence-electron chi connectivity index (χ0n) is 11.0. The lowest BCUT2D eigenvalue weighted by atomic mass is 10.00. The topological polar surface area (TPSA) is 23.6 Å². The van der Waals surface area contributed by atoms with Gasteiger partial charge in [0.15, 0.2) is 0 Å². The summed E-state index contributed by atoms with van der Waals surface area (Å²) in [4.78, 5) is 16.5. The van der Waals surface area contributed by atoms with Gasteiger partial charge in [-0.15, -0.1) is 0 Å². The van der Waals surface area contributed by atoms with Crippen LogP contribution < -0.4 is 4.90 Å². The maximum absolute atomic E-state index is 12.5. The van der Waals surface area contributed by atoms with Crippen molar-refractivity contribution in [2.45, 2.75) is 32.6 Å². The molecule has 2 heterocycles. The summed E-state index contributed by atoms with van der Waals surface area (Å²) in [5.41, 5.74) is 3.74. The fourth-order valence-corrected chi connectivity index (χ4v) is 3.00. The molecule has 2 aliphatic heterocycles. The summed E-state index contributed by atoms with van der Waals surface area (Å²) in [5, 5.41) is 0. The number of carbonyl (C=O) groups is 1. The lowest BCUT2D eigenvalue weighted by Crippen LogP contribution is -2.44. The molecule has 3 nitrogen and oxygen atoms in total. The number of hydrogen-bond donors (Lipinski definition) is 0. The molecule has 0 radical (unpaired) electrons. The van der Waals surface area contributed by atoms with Crippen LogP contribution in [0.25, 0.3) is 0 Å². The molecule has 2 amide bonds. The quantitative estimate of drug-likeness (QED) is 0.688. The predicted molar refractivity (Wildman–Crippen MR) is 73.0 cm³/mol. The van der Waals surface area contributed by atoms with E-state index in [0.29, 0.717) is 0 Å². The Bertz CT molecular complexity index is 464. The van der Waals surface area contributed by atoms with E-state index in [2.05, 4.69) is 25.1 Å². The number of carbonyl (C=O) groups excluding carboxylic acids is 1. The van der Waals surface area contributed by atoms with E-state index in [0.717, 1.165) is 51.0 Å². The Hall–Kier alpha value is -1.51. The normalized spacial score (nSPS) is 18.9. The number of likely N-dealkylation sites (tertiary alicyclic amines) is 1. The lowest BCUT2D eigenvalue weighted by Gasteiger charge is -2.33. The number of hydrogen-bond acceptors (Lipinski definition) is 1. The number of amides is 2. The summed E-state index contributed by atoms with van der Waals surface area (Å²) < 4.78 is 0. The number of nitrogens with zero attached hydrogens (tertiary/aromatic N) is 2. The summed E-state index contributed by atoms with van der Waals surface area (Å²) >= 11 is 0. The third-order valence-corrected chi connectivity index (χ3v) is 3.96. The first kappa shape index (κ1) is 11.6. The monoisotopic (exact) mass is 244 g/mol. The molecule has 0 aromatic heterocycles. The molecule has 96 valence electrons. The zero-order chi connectivity index (χ0) is 12.5. The molecular weight excluding hydrogens is 224 g/mol. The fraction of sp³-hybridized carbons (Fsp3) is 0.533. The number of aryl methyl sites for hydroxylation is 2. The second kappa shape index (κ2) is 4.63. The van der Waals surface area contributed by atoms with E-state index in [-0.39, 0.29) is 6.03 Å². The average molecular weight is 244 g/mol. The molecule has 1 aromatic carbocycles. The van der Waals surface area contributed by atoms with Gasteiger partial charge >= 0.3 is 6.03 Å². The van der Waals surface area contributed by atoms with Crippen LogP contribution in [0.3, 0.4) is 0 Å². The van der Waals surface area contributed by atoms with Crippen molar-refractivity contribution < 1.29 is 4.79 Å². The molecule has 0 saturated carbocycles. The summed E-state index contributed by atoms with van der Waals surface area (Å²) in [6, 6.07) is 6.64.